The minimum absolute atomic E-state index is 0.0419. The van der Waals surface area contributed by atoms with Crippen molar-refractivity contribution in [1.82, 2.24) is 4.90 Å². The molecule has 4 rings (SSSR count). The van der Waals surface area contributed by atoms with Crippen LogP contribution in [0.2, 0.25) is 0 Å². The number of para-hydroxylation sites is 1. The van der Waals surface area contributed by atoms with E-state index < -0.39 is 0 Å². The zero-order valence-corrected chi connectivity index (χ0v) is 20.7. The Morgan fingerprint density at radius 3 is 2.52 bits per heavy atom. The van der Waals surface area contributed by atoms with Crippen LogP contribution >= 0.6 is 15.9 Å². The Balaban J connectivity index is 1.57. The van der Waals surface area contributed by atoms with E-state index in [9.17, 15) is 9.59 Å². The lowest BCUT2D eigenvalue weighted by Gasteiger charge is -2.39. The summed E-state index contributed by atoms with van der Waals surface area (Å²) in [4.78, 5) is 26.1. The number of rotatable bonds is 6. The summed E-state index contributed by atoms with van der Waals surface area (Å²) in [5.41, 5.74) is 3.24. The fourth-order valence-electron chi connectivity index (χ4n) is 5.05. The molecule has 0 radical (unpaired) electrons. The molecule has 2 aromatic rings. The number of fused-ring (bicyclic) bond motifs is 2. The lowest BCUT2D eigenvalue weighted by atomic mass is 9.74. The van der Waals surface area contributed by atoms with Crippen LogP contribution in [0.25, 0.3) is 0 Å². The topological polar surface area (TPSA) is 65.1 Å². The van der Waals surface area contributed by atoms with Gasteiger partial charge < -0.3 is 19.1 Å². The van der Waals surface area contributed by atoms with Crippen LogP contribution in [0.15, 0.2) is 46.9 Å². The SMILES string of the molecule is CCOC(=O)Cc1ccccc1OC1CC2(CCN(C(=O)OCC)CC2)c2ccc(Br)cc21. The lowest BCUT2D eigenvalue weighted by molar-refractivity contribution is -0.142. The maximum atomic E-state index is 12.2. The predicted molar refractivity (Wildman–Crippen MR) is 128 cm³/mol. The molecular formula is C26H30BrNO5. The van der Waals surface area contributed by atoms with E-state index in [0.29, 0.717) is 32.1 Å². The third-order valence-corrected chi connectivity index (χ3v) is 7.13. The highest BCUT2D eigenvalue weighted by Crippen LogP contribution is 2.52. The summed E-state index contributed by atoms with van der Waals surface area (Å²) in [6, 6.07) is 14.1. The quantitative estimate of drug-likeness (QED) is 0.470. The smallest absolute Gasteiger partial charge is 0.409 e. The number of esters is 1. The van der Waals surface area contributed by atoms with E-state index in [-0.39, 0.29) is 30.0 Å². The van der Waals surface area contributed by atoms with E-state index >= 15 is 0 Å². The molecule has 7 heteroatoms. The van der Waals surface area contributed by atoms with Crippen molar-refractivity contribution in [2.24, 2.45) is 0 Å². The van der Waals surface area contributed by atoms with Crippen molar-refractivity contribution in [3.8, 4) is 5.75 Å². The van der Waals surface area contributed by atoms with Gasteiger partial charge in [0.1, 0.15) is 11.9 Å². The van der Waals surface area contributed by atoms with E-state index in [1.807, 2.05) is 31.2 Å². The Kier molecular flexibility index (Phi) is 7.27. The molecule has 6 nitrogen and oxygen atoms in total. The van der Waals surface area contributed by atoms with Crippen molar-refractivity contribution in [2.75, 3.05) is 26.3 Å². The highest BCUT2D eigenvalue weighted by Gasteiger charge is 2.47. The van der Waals surface area contributed by atoms with Crippen LogP contribution in [0.1, 0.15) is 55.9 Å². The summed E-state index contributed by atoms with van der Waals surface area (Å²) >= 11 is 3.61. The van der Waals surface area contributed by atoms with Gasteiger partial charge in [-0.15, -0.1) is 0 Å². The molecule has 1 amide bonds. The minimum atomic E-state index is -0.258. The summed E-state index contributed by atoms with van der Waals surface area (Å²) in [7, 11) is 0. The van der Waals surface area contributed by atoms with Gasteiger partial charge in [-0.1, -0.05) is 40.2 Å². The van der Waals surface area contributed by atoms with Crippen LogP contribution in [0, 0.1) is 0 Å². The number of halogens is 1. The molecule has 0 N–H and O–H groups in total. The van der Waals surface area contributed by atoms with Crippen LogP contribution in [0.5, 0.6) is 5.75 Å². The van der Waals surface area contributed by atoms with Gasteiger partial charge in [-0.25, -0.2) is 4.79 Å². The molecule has 33 heavy (non-hydrogen) atoms. The second-order valence-electron chi connectivity index (χ2n) is 8.60. The standard InChI is InChI=1S/C26H30BrNO5/c1-3-31-24(29)15-18-7-5-6-8-22(18)33-23-17-26(21-10-9-19(27)16-20(21)23)11-13-28(14-12-26)25(30)32-4-2/h5-10,16,23H,3-4,11-15,17H2,1-2H3. The second kappa shape index (κ2) is 10.2. The largest absolute Gasteiger partial charge is 0.485 e. The molecule has 1 fully saturated rings. The maximum absolute atomic E-state index is 12.2. The van der Waals surface area contributed by atoms with Crippen LogP contribution < -0.4 is 4.74 Å². The number of hydrogen-bond acceptors (Lipinski definition) is 5. The van der Waals surface area contributed by atoms with Crippen molar-refractivity contribution >= 4 is 28.0 Å². The average molecular weight is 516 g/mol. The monoisotopic (exact) mass is 515 g/mol. The van der Waals surface area contributed by atoms with Gasteiger partial charge in [0.25, 0.3) is 0 Å². The number of ether oxygens (including phenoxy) is 3. The third-order valence-electron chi connectivity index (χ3n) is 6.64. The van der Waals surface area contributed by atoms with Crippen LogP contribution in [-0.4, -0.2) is 43.3 Å². The van der Waals surface area contributed by atoms with Gasteiger partial charge >= 0.3 is 12.1 Å². The van der Waals surface area contributed by atoms with E-state index in [4.69, 9.17) is 14.2 Å². The molecule has 2 aromatic carbocycles. The first-order valence-electron chi connectivity index (χ1n) is 11.6. The van der Waals surface area contributed by atoms with Crippen molar-refractivity contribution in [1.29, 1.82) is 0 Å². The van der Waals surface area contributed by atoms with Gasteiger partial charge in [0.05, 0.1) is 19.6 Å². The zero-order chi connectivity index (χ0) is 23.4. The number of hydrogen-bond donors (Lipinski definition) is 0. The van der Waals surface area contributed by atoms with E-state index in [1.165, 1.54) is 11.1 Å². The van der Waals surface area contributed by atoms with Gasteiger partial charge in [0, 0.05) is 28.5 Å². The average Bonchev–Trinajstić information content (AvgIpc) is 3.08. The van der Waals surface area contributed by atoms with Crippen molar-refractivity contribution in [3.05, 3.63) is 63.6 Å². The van der Waals surface area contributed by atoms with Gasteiger partial charge in [0.15, 0.2) is 0 Å². The van der Waals surface area contributed by atoms with Gasteiger partial charge in [-0.05, 0) is 62.4 Å². The molecule has 2 aliphatic rings. The van der Waals surface area contributed by atoms with Gasteiger partial charge in [-0.2, -0.15) is 0 Å². The predicted octanol–water partition coefficient (Wildman–Crippen LogP) is 5.57. The van der Waals surface area contributed by atoms with Gasteiger partial charge in [0.2, 0.25) is 0 Å². The molecule has 0 bridgehead atoms. The lowest BCUT2D eigenvalue weighted by Crippen LogP contribution is -2.44. The number of amides is 1. The van der Waals surface area contributed by atoms with Gasteiger partial charge in [-0.3, -0.25) is 4.79 Å². The first-order valence-corrected chi connectivity index (χ1v) is 12.4. The molecule has 1 aliphatic carbocycles. The number of carbonyl (C=O) groups is 2. The minimum Gasteiger partial charge on any atom is -0.485 e. The molecule has 1 saturated heterocycles. The van der Waals surface area contributed by atoms with Crippen LogP contribution in [0.4, 0.5) is 4.79 Å². The van der Waals surface area contributed by atoms with Crippen molar-refractivity contribution in [3.63, 3.8) is 0 Å². The first kappa shape index (κ1) is 23.6. The molecule has 0 aromatic heterocycles. The molecule has 1 heterocycles. The molecule has 1 atom stereocenters. The second-order valence-corrected chi connectivity index (χ2v) is 9.51. The molecule has 1 spiro atoms. The Bertz CT molecular complexity index is 1020. The highest BCUT2D eigenvalue weighted by atomic mass is 79.9. The fraction of sp³-hybridized carbons (Fsp3) is 0.462. The molecule has 0 saturated carbocycles. The molecule has 1 unspecified atom stereocenters. The number of nitrogens with zero attached hydrogens (tertiary/aromatic N) is 1. The summed E-state index contributed by atoms with van der Waals surface area (Å²) in [5.74, 6) is 0.452. The summed E-state index contributed by atoms with van der Waals surface area (Å²) < 4.78 is 17.9. The number of piperidine rings is 1. The Morgan fingerprint density at radius 1 is 1.06 bits per heavy atom. The van der Waals surface area contributed by atoms with Crippen LogP contribution in [0.3, 0.4) is 0 Å². The highest BCUT2D eigenvalue weighted by molar-refractivity contribution is 9.10. The molecule has 176 valence electrons. The summed E-state index contributed by atoms with van der Waals surface area (Å²) in [6.45, 7) is 5.72. The Hall–Kier alpha value is -2.54. The maximum Gasteiger partial charge on any atom is 0.409 e. The Morgan fingerprint density at radius 2 is 1.79 bits per heavy atom. The number of likely N-dealkylation sites (tertiary alicyclic amines) is 1. The number of carbonyl (C=O) groups excluding carboxylic acids is 2. The molecular weight excluding hydrogens is 486 g/mol. The zero-order valence-electron chi connectivity index (χ0n) is 19.1. The van der Waals surface area contributed by atoms with E-state index in [2.05, 4.69) is 34.1 Å². The summed E-state index contributed by atoms with van der Waals surface area (Å²) in [5, 5.41) is 0. The van der Waals surface area contributed by atoms with Crippen LogP contribution in [-0.2, 0) is 26.1 Å². The van der Waals surface area contributed by atoms with E-state index in [1.54, 1.807) is 11.8 Å². The first-order chi connectivity index (χ1) is 16.0. The Labute approximate surface area is 203 Å². The summed E-state index contributed by atoms with van der Waals surface area (Å²) in [6.07, 6.45) is 2.39. The van der Waals surface area contributed by atoms with E-state index in [0.717, 1.165) is 29.3 Å². The normalized spacial score (nSPS) is 18.6. The van der Waals surface area contributed by atoms with Crippen molar-refractivity contribution < 1.29 is 23.8 Å². The number of benzene rings is 2. The molecule has 1 aliphatic heterocycles. The third kappa shape index (κ3) is 5.03. The fourth-order valence-corrected chi connectivity index (χ4v) is 5.43. The van der Waals surface area contributed by atoms with Crippen molar-refractivity contribution in [2.45, 2.75) is 51.0 Å².